The maximum absolute atomic E-state index is 6.14. The fourth-order valence-electron chi connectivity index (χ4n) is 3.04. The normalized spacial score (nSPS) is 13.8. The highest BCUT2D eigenvalue weighted by Gasteiger charge is 2.14. The number of nitrogens with one attached hydrogen (secondary N) is 1. The molecule has 3 aromatic rings. The lowest BCUT2D eigenvalue weighted by molar-refractivity contribution is 0.0341. The van der Waals surface area contributed by atoms with Crippen LogP contribution in [0.3, 0.4) is 0 Å². The Morgan fingerprint density at radius 1 is 1.13 bits per heavy atom. The number of morpholine rings is 1. The molecule has 2 aromatic heterocycles. The molecule has 0 atom stereocenters. The number of hydrogen-bond acceptors (Lipinski definition) is 7. The quantitative estimate of drug-likeness (QED) is 0.534. The lowest BCUT2D eigenvalue weighted by atomic mass is 10.2. The number of halogens is 2. The summed E-state index contributed by atoms with van der Waals surface area (Å²) >= 11 is 1.56. The average molecular weight is 469 g/mol. The van der Waals surface area contributed by atoms with E-state index in [1.165, 1.54) is 0 Å². The fourth-order valence-corrected chi connectivity index (χ4v) is 3.73. The molecule has 0 amide bonds. The number of ether oxygens (including phenoxy) is 2. The van der Waals surface area contributed by atoms with Crippen LogP contribution in [-0.4, -0.2) is 41.2 Å². The van der Waals surface area contributed by atoms with Crippen molar-refractivity contribution in [3.8, 4) is 5.75 Å². The van der Waals surface area contributed by atoms with E-state index < -0.39 is 0 Å². The summed E-state index contributed by atoms with van der Waals surface area (Å²) in [4.78, 5) is 11.5. The van der Waals surface area contributed by atoms with E-state index in [1.807, 2.05) is 36.7 Å². The number of nitrogens with zero attached hydrogens (tertiary/aromatic N) is 3. The van der Waals surface area contributed by atoms with Gasteiger partial charge in [-0.05, 0) is 24.1 Å². The van der Waals surface area contributed by atoms with Crippen molar-refractivity contribution in [1.29, 1.82) is 0 Å². The summed E-state index contributed by atoms with van der Waals surface area (Å²) in [6.45, 7) is 6.77. The molecule has 0 radical (unpaired) electrons. The Morgan fingerprint density at radius 3 is 2.60 bits per heavy atom. The van der Waals surface area contributed by atoms with Crippen molar-refractivity contribution in [2.45, 2.75) is 20.1 Å². The molecule has 30 heavy (non-hydrogen) atoms. The van der Waals surface area contributed by atoms with Gasteiger partial charge in [0.05, 0.1) is 18.9 Å². The molecule has 0 aliphatic carbocycles. The predicted molar refractivity (Wildman–Crippen MR) is 126 cm³/mol. The number of aryl methyl sites for hydroxylation is 1. The molecule has 4 rings (SSSR count). The van der Waals surface area contributed by atoms with Crippen LogP contribution in [-0.2, 0) is 17.9 Å². The van der Waals surface area contributed by atoms with Crippen LogP contribution in [0.25, 0.3) is 0 Å². The van der Waals surface area contributed by atoms with E-state index in [2.05, 4.69) is 38.4 Å². The largest absolute Gasteiger partial charge is 0.485 e. The first-order valence-corrected chi connectivity index (χ1v) is 10.3. The van der Waals surface area contributed by atoms with Gasteiger partial charge in [0, 0.05) is 31.2 Å². The first-order valence-electron chi connectivity index (χ1n) is 9.41. The first kappa shape index (κ1) is 24.4. The zero-order chi connectivity index (χ0) is 19.2. The minimum Gasteiger partial charge on any atom is -0.485 e. The Morgan fingerprint density at radius 2 is 1.90 bits per heavy atom. The molecular formula is C21H26Cl2N4O2S. The highest BCUT2D eigenvalue weighted by Crippen LogP contribution is 2.29. The smallest absolute Gasteiger partial charge is 0.188 e. The van der Waals surface area contributed by atoms with E-state index in [0.29, 0.717) is 12.4 Å². The monoisotopic (exact) mass is 468 g/mol. The molecule has 6 nitrogen and oxygen atoms in total. The van der Waals surface area contributed by atoms with E-state index in [9.17, 15) is 0 Å². The SMILES string of the molecule is Cc1csc(Nc2ncc(CN3CCOCC3)cc2OCc2ccccc2)n1.Cl.Cl. The van der Waals surface area contributed by atoms with Gasteiger partial charge in [0.1, 0.15) is 6.61 Å². The maximum Gasteiger partial charge on any atom is 0.188 e. The van der Waals surface area contributed by atoms with Crippen molar-refractivity contribution in [2.75, 3.05) is 31.6 Å². The van der Waals surface area contributed by atoms with Gasteiger partial charge in [0.15, 0.2) is 16.7 Å². The van der Waals surface area contributed by atoms with Crippen LogP contribution < -0.4 is 10.1 Å². The van der Waals surface area contributed by atoms with E-state index in [4.69, 9.17) is 9.47 Å². The summed E-state index contributed by atoms with van der Waals surface area (Å²) in [7, 11) is 0. The van der Waals surface area contributed by atoms with Gasteiger partial charge in [-0.2, -0.15) is 0 Å². The summed E-state index contributed by atoms with van der Waals surface area (Å²) in [5.41, 5.74) is 3.24. The Labute approximate surface area is 193 Å². The summed E-state index contributed by atoms with van der Waals surface area (Å²) in [5.74, 6) is 1.43. The lowest BCUT2D eigenvalue weighted by Crippen LogP contribution is -2.35. The molecule has 0 bridgehead atoms. The summed E-state index contributed by atoms with van der Waals surface area (Å²) in [6, 6.07) is 12.2. The second kappa shape index (κ2) is 12.1. The molecule has 1 aromatic carbocycles. The van der Waals surface area contributed by atoms with Gasteiger partial charge in [-0.25, -0.2) is 9.97 Å². The molecule has 0 saturated carbocycles. The second-order valence-electron chi connectivity index (χ2n) is 6.77. The van der Waals surface area contributed by atoms with Crippen LogP contribution in [0.1, 0.15) is 16.8 Å². The number of anilines is 2. The topological polar surface area (TPSA) is 59.5 Å². The van der Waals surface area contributed by atoms with E-state index in [0.717, 1.165) is 60.5 Å². The maximum atomic E-state index is 6.14. The van der Waals surface area contributed by atoms with Crippen LogP contribution in [0.2, 0.25) is 0 Å². The van der Waals surface area contributed by atoms with Crippen molar-refractivity contribution < 1.29 is 9.47 Å². The summed E-state index contributed by atoms with van der Waals surface area (Å²) < 4.78 is 11.6. The van der Waals surface area contributed by atoms with Gasteiger partial charge in [0.2, 0.25) is 0 Å². The molecule has 1 aliphatic rings. The molecule has 1 aliphatic heterocycles. The van der Waals surface area contributed by atoms with Crippen molar-refractivity contribution in [3.63, 3.8) is 0 Å². The van der Waals surface area contributed by atoms with Crippen molar-refractivity contribution in [3.05, 3.63) is 64.8 Å². The Kier molecular flexibility index (Phi) is 9.81. The second-order valence-corrected chi connectivity index (χ2v) is 7.63. The highest BCUT2D eigenvalue weighted by molar-refractivity contribution is 7.13. The number of rotatable bonds is 7. The van der Waals surface area contributed by atoms with Gasteiger partial charge in [-0.15, -0.1) is 36.2 Å². The number of aromatic nitrogens is 2. The molecular weight excluding hydrogens is 443 g/mol. The van der Waals surface area contributed by atoms with E-state index in [-0.39, 0.29) is 24.8 Å². The number of hydrogen-bond donors (Lipinski definition) is 1. The standard InChI is InChI=1S/C21H24N4O2S.2ClH/c1-16-15-28-21(23-16)24-20-19(27-14-17-5-3-2-4-6-17)11-18(12-22-20)13-25-7-9-26-10-8-25;;/h2-6,11-12,15H,7-10,13-14H2,1H3,(H,22,23,24);2*1H. The molecule has 1 fully saturated rings. The summed E-state index contributed by atoms with van der Waals surface area (Å²) in [6.07, 6.45) is 1.91. The first-order chi connectivity index (χ1) is 13.8. The number of thiazole rings is 1. The molecule has 3 heterocycles. The van der Waals surface area contributed by atoms with Gasteiger partial charge in [-0.3, -0.25) is 4.90 Å². The Hall–Kier alpha value is -1.90. The molecule has 1 saturated heterocycles. The fraction of sp³-hybridized carbons (Fsp3) is 0.333. The van der Waals surface area contributed by atoms with Crippen LogP contribution in [0.5, 0.6) is 5.75 Å². The third kappa shape index (κ3) is 6.82. The lowest BCUT2D eigenvalue weighted by Gasteiger charge is -2.26. The molecule has 162 valence electrons. The van der Waals surface area contributed by atoms with Crippen LogP contribution >= 0.6 is 36.2 Å². The number of benzene rings is 1. The molecule has 0 spiro atoms. The average Bonchev–Trinajstić information content (AvgIpc) is 3.14. The minimum atomic E-state index is 0. The Balaban J connectivity index is 0.00000160. The zero-order valence-electron chi connectivity index (χ0n) is 16.7. The van der Waals surface area contributed by atoms with Crippen molar-refractivity contribution in [2.24, 2.45) is 0 Å². The van der Waals surface area contributed by atoms with E-state index >= 15 is 0 Å². The van der Waals surface area contributed by atoms with Crippen molar-refractivity contribution in [1.82, 2.24) is 14.9 Å². The van der Waals surface area contributed by atoms with Crippen LogP contribution in [0.4, 0.5) is 10.9 Å². The van der Waals surface area contributed by atoms with Crippen LogP contribution in [0.15, 0.2) is 48.0 Å². The highest BCUT2D eigenvalue weighted by atomic mass is 35.5. The third-order valence-corrected chi connectivity index (χ3v) is 5.38. The van der Waals surface area contributed by atoms with Crippen LogP contribution in [0, 0.1) is 6.92 Å². The van der Waals surface area contributed by atoms with E-state index in [1.54, 1.807) is 11.3 Å². The van der Waals surface area contributed by atoms with Gasteiger partial charge < -0.3 is 14.8 Å². The zero-order valence-corrected chi connectivity index (χ0v) is 19.2. The molecule has 0 unspecified atom stereocenters. The van der Waals surface area contributed by atoms with Gasteiger partial charge in [0.25, 0.3) is 0 Å². The van der Waals surface area contributed by atoms with Crippen molar-refractivity contribution >= 4 is 47.1 Å². The number of pyridine rings is 1. The molecule has 1 N–H and O–H groups in total. The Bertz CT molecular complexity index is 905. The molecule has 9 heteroatoms. The van der Waals surface area contributed by atoms with Gasteiger partial charge in [-0.1, -0.05) is 30.3 Å². The predicted octanol–water partition coefficient (Wildman–Crippen LogP) is 4.84. The third-order valence-electron chi connectivity index (χ3n) is 4.50. The summed E-state index contributed by atoms with van der Waals surface area (Å²) in [5, 5.41) is 6.13. The van der Waals surface area contributed by atoms with Gasteiger partial charge >= 0.3 is 0 Å². The minimum absolute atomic E-state index is 0.